The smallest absolute Gasteiger partial charge is 0.243 e. The minimum absolute atomic E-state index is 0.115. The van der Waals surface area contributed by atoms with Crippen LogP contribution < -0.4 is 5.73 Å². The van der Waals surface area contributed by atoms with Crippen LogP contribution in [-0.4, -0.2) is 36.9 Å². The summed E-state index contributed by atoms with van der Waals surface area (Å²) < 4.78 is 39.6. The summed E-state index contributed by atoms with van der Waals surface area (Å²) in [6.45, 7) is 2.15. The van der Waals surface area contributed by atoms with Crippen molar-refractivity contribution in [2.24, 2.45) is 16.8 Å². The Labute approximate surface area is 123 Å². The first-order valence-corrected chi connectivity index (χ1v) is 8.04. The first-order chi connectivity index (χ1) is 9.86. The molecule has 0 unspecified atom stereocenters. The summed E-state index contributed by atoms with van der Waals surface area (Å²) in [4.78, 5) is 0.117. The fourth-order valence-electron chi connectivity index (χ4n) is 2.51. The van der Waals surface area contributed by atoms with Gasteiger partial charge in [-0.15, -0.1) is 0 Å². The van der Waals surface area contributed by atoms with Crippen LogP contribution in [0.5, 0.6) is 0 Å². The number of hydrogen-bond acceptors (Lipinski definition) is 4. The number of halogens is 1. The Morgan fingerprint density at radius 3 is 2.57 bits per heavy atom. The molecule has 1 aromatic carbocycles. The number of nitrogens with zero attached hydrogens (tertiary/aromatic N) is 2. The molecule has 0 saturated carbocycles. The summed E-state index contributed by atoms with van der Waals surface area (Å²) >= 11 is 0. The third kappa shape index (κ3) is 3.16. The molecule has 0 spiro atoms. The summed E-state index contributed by atoms with van der Waals surface area (Å²) in [5.74, 6) is -0.446. The van der Waals surface area contributed by atoms with Crippen LogP contribution >= 0.6 is 0 Å². The molecule has 0 atom stereocenters. The number of amidine groups is 1. The summed E-state index contributed by atoms with van der Waals surface area (Å²) in [6.07, 6.45) is 0.991. The SMILES string of the molecule is Cc1cc(F)ccc1S(=O)(=O)N1CCC(C(N)=NO)CC1. The highest BCUT2D eigenvalue weighted by Crippen LogP contribution is 2.26. The third-order valence-electron chi connectivity index (χ3n) is 3.74. The van der Waals surface area contributed by atoms with Gasteiger partial charge in [-0.2, -0.15) is 4.31 Å². The van der Waals surface area contributed by atoms with Crippen molar-refractivity contribution in [3.63, 3.8) is 0 Å². The Bertz CT molecular complexity index is 653. The van der Waals surface area contributed by atoms with E-state index in [1.807, 2.05) is 0 Å². The van der Waals surface area contributed by atoms with Crippen molar-refractivity contribution in [1.29, 1.82) is 0 Å². The van der Waals surface area contributed by atoms with Gasteiger partial charge in [-0.25, -0.2) is 12.8 Å². The van der Waals surface area contributed by atoms with Crippen LogP contribution in [0.3, 0.4) is 0 Å². The number of rotatable bonds is 3. The van der Waals surface area contributed by atoms with Gasteiger partial charge >= 0.3 is 0 Å². The van der Waals surface area contributed by atoms with E-state index in [1.54, 1.807) is 6.92 Å². The van der Waals surface area contributed by atoms with Gasteiger partial charge in [0.25, 0.3) is 0 Å². The lowest BCUT2D eigenvalue weighted by atomic mass is 9.97. The van der Waals surface area contributed by atoms with Crippen molar-refractivity contribution in [2.45, 2.75) is 24.7 Å². The summed E-state index contributed by atoms with van der Waals surface area (Å²) in [7, 11) is -3.64. The molecule has 2 rings (SSSR count). The van der Waals surface area contributed by atoms with Crippen LogP contribution in [0.25, 0.3) is 0 Å². The van der Waals surface area contributed by atoms with Gasteiger partial charge < -0.3 is 10.9 Å². The molecule has 1 fully saturated rings. The highest BCUT2D eigenvalue weighted by atomic mass is 32.2. The first kappa shape index (κ1) is 15.7. The van der Waals surface area contributed by atoms with Gasteiger partial charge in [0.2, 0.25) is 10.0 Å². The number of hydrogen-bond donors (Lipinski definition) is 2. The van der Waals surface area contributed by atoms with Gasteiger partial charge in [-0.05, 0) is 43.5 Å². The van der Waals surface area contributed by atoms with Crippen LogP contribution in [0.4, 0.5) is 4.39 Å². The lowest BCUT2D eigenvalue weighted by molar-refractivity contribution is 0.291. The Kier molecular flexibility index (Phi) is 4.48. The van der Waals surface area contributed by atoms with Crippen molar-refractivity contribution in [3.05, 3.63) is 29.6 Å². The topological polar surface area (TPSA) is 96.0 Å². The fourth-order valence-corrected chi connectivity index (χ4v) is 4.19. The predicted molar refractivity (Wildman–Crippen MR) is 76.0 cm³/mol. The molecule has 1 saturated heterocycles. The second-order valence-corrected chi connectivity index (χ2v) is 7.02. The third-order valence-corrected chi connectivity index (χ3v) is 5.80. The molecule has 0 aromatic heterocycles. The molecular weight excluding hydrogens is 297 g/mol. The van der Waals surface area contributed by atoms with E-state index in [9.17, 15) is 12.8 Å². The van der Waals surface area contributed by atoms with Crippen LogP contribution in [0, 0.1) is 18.7 Å². The zero-order valence-corrected chi connectivity index (χ0v) is 12.5. The Hall–Kier alpha value is -1.67. The molecule has 1 aromatic rings. The van der Waals surface area contributed by atoms with Crippen molar-refractivity contribution < 1.29 is 18.0 Å². The molecule has 1 aliphatic heterocycles. The highest BCUT2D eigenvalue weighted by molar-refractivity contribution is 7.89. The predicted octanol–water partition coefficient (Wildman–Crippen LogP) is 1.28. The van der Waals surface area contributed by atoms with Crippen molar-refractivity contribution in [1.82, 2.24) is 4.31 Å². The Balaban J connectivity index is 2.19. The molecule has 1 heterocycles. The molecular formula is C13H18FN3O3S. The molecule has 6 nitrogen and oxygen atoms in total. The van der Waals surface area contributed by atoms with Gasteiger partial charge in [-0.1, -0.05) is 5.16 Å². The van der Waals surface area contributed by atoms with Crippen molar-refractivity contribution in [3.8, 4) is 0 Å². The van der Waals surface area contributed by atoms with Gasteiger partial charge in [-0.3, -0.25) is 0 Å². The monoisotopic (exact) mass is 315 g/mol. The minimum Gasteiger partial charge on any atom is -0.409 e. The van der Waals surface area contributed by atoms with Crippen molar-refractivity contribution >= 4 is 15.9 Å². The van der Waals surface area contributed by atoms with E-state index in [1.165, 1.54) is 16.4 Å². The highest BCUT2D eigenvalue weighted by Gasteiger charge is 2.31. The van der Waals surface area contributed by atoms with Crippen LogP contribution in [0.2, 0.25) is 0 Å². The average molecular weight is 315 g/mol. The maximum atomic E-state index is 13.1. The largest absolute Gasteiger partial charge is 0.409 e. The number of sulfonamides is 1. The van der Waals surface area contributed by atoms with Gasteiger partial charge in [0, 0.05) is 19.0 Å². The number of benzene rings is 1. The zero-order valence-electron chi connectivity index (χ0n) is 11.7. The normalized spacial score (nSPS) is 18.9. The van der Waals surface area contributed by atoms with Gasteiger partial charge in [0.05, 0.1) is 4.90 Å². The number of aryl methyl sites for hydroxylation is 1. The maximum Gasteiger partial charge on any atom is 0.243 e. The summed E-state index contributed by atoms with van der Waals surface area (Å²) in [6, 6.07) is 3.63. The second kappa shape index (κ2) is 5.98. The second-order valence-electron chi connectivity index (χ2n) is 5.11. The van der Waals surface area contributed by atoms with E-state index in [4.69, 9.17) is 10.9 Å². The lowest BCUT2D eigenvalue weighted by Gasteiger charge is -2.30. The molecule has 0 radical (unpaired) electrons. The standard InChI is InChI=1S/C13H18FN3O3S/c1-9-8-11(14)2-3-12(9)21(19,20)17-6-4-10(5-7-17)13(15)16-18/h2-3,8,10,18H,4-7H2,1H3,(H2,15,16). The molecule has 1 aliphatic rings. The van der Waals surface area contributed by atoms with E-state index in [2.05, 4.69) is 5.16 Å². The van der Waals surface area contributed by atoms with Crippen LogP contribution in [-0.2, 0) is 10.0 Å². The number of nitrogens with two attached hydrogens (primary N) is 1. The number of piperidine rings is 1. The van der Waals surface area contributed by atoms with Gasteiger partial charge in [0.1, 0.15) is 11.7 Å². The summed E-state index contributed by atoms with van der Waals surface area (Å²) in [5, 5.41) is 11.6. The summed E-state index contributed by atoms with van der Waals surface area (Å²) in [5.41, 5.74) is 5.93. The molecule has 0 bridgehead atoms. The van der Waals surface area contributed by atoms with E-state index in [0.717, 1.165) is 6.07 Å². The molecule has 8 heteroatoms. The molecule has 0 amide bonds. The Morgan fingerprint density at radius 1 is 1.43 bits per heavy atom. The fraction of sp³-hybridized carbons (Fsp3) is 0.462. The zero-order chi connectivity index (χ0) is 15.6. The Morgan fingerprint density at radius 2 is 2.05 bits per heavy atom. The first-order valence-electron chi connectivity index (χ1n) is 6.60. The molecule has 21 heavy (non-hydrogen) atoms. The molecule has 0 aliphatic carbocycles. The van der Waals surface area contributed by atoms with Gasteiger partial charge in [0.15, 0.2) is 0 Å². The van der Waals surface area contributed by atoms with Crippen LogP contribution in [0.1, 0.15) is 18.4 Å². The molecule has 3 N–H and O–H groups in total. The quantitative estimate of drug-likeness (QED) is 0.380. The van der Waals surface area contributed by atoms with E-state index in [0.29, 0.717) is 31.5 Å². The molecule has 116 valence electrons. The van der Waals surface area contributed by atoms with E-state index < -0.39 is 15.8 Å². The van der Waals surface area contributed by atoms with Crippen molar-refractivity contribution in [2.75, 3.05) is 13.1 Å². The van der Waals surface area contributed by atoms with E-state index in [-0.39, 0.29) is 16.6 Å². The minimum atomic E-state index is -3.64. The maximum absolute atomic E-state index is 13.1. The average Bonchev–Trinajstić information content (AvgIpc) is 2.46. The van der Waals surface area contributed by atoms with E-state index >= 15 is 0 Å². The lowest BCUT2D eigenvalue weighted by Crippen LogP contribution is -2.41. The van der Waals surface area contributed by atoms with Crippen LogP contribution in [0.15, 0.2) is 28.3 Å². The number of oxime groups is 1.